The fraction of sp³-hybridized carbons (Fsp3) is 0.350. The van der Waals surface area contributed by atoms with Crippen molar-refractivity contribution in [1.82, 2.24) is 15.2 Å². The minimum absolute atomic E-state index is 0.481. The van der Waals surface area contributed by atoms with Gasteiger partial charge in [-0.05, 0) is 43.1 Å². The highest BCUT2D eigenvalue weighted by atomic mass is 15.2. The molecule has 3 heteroatoms. The maximum atomic E-state index is 4.28. The van der Waals surface area contributed by atoms with Gasteiger partial charge in [-0.15, -0.1) is 0 Å². The van der Waals surface area contributed by atoms with Gasteiger partial charge in [-0.1, -0.05) is 48.6 Å². The van der Waals surface area contributed by atoms with Crippen molar-refractivity contribution in [2.45, 2.75) is 12.5 Å². The van der Waals surface area contributed by atoms with Gasteiger partial charge in [0.15, 0.2) is 0 Å². The number of aromatic nitrogens is 1. The number of nitrogens with one attached hydrogen (secondary N) is 1. The Morgan fingerprint density at radius 1 is 1.22 bits per heavy atom. The lowest BCUT2D eigenvalue weighted by molar-refractivity contribution is 0.273. The van der Waals surface area contributed by atoms with Gasteiger partial charge in [0.2, 0.25) is 0 Å². The van der Waals surface area contributed by atoms with E-state index in [0.717, 1.165) is 19.6 Å². The Kier molecular flexibility index (Phi) is 5.56. The Hall–Kier alpha value is -1.97. The van der Waals surface area contributed by atoms with Crippen molar-refractivity contribution in [3.63, 3.8) is 0 Å². The molecule has 120 valence electrons. The van der Waals surface area contributed by atoms with Gasteiger partial charge in [-0.2, -0.15) is 0 Å². The highest BCUT2D eigenvalue weighted by Gasteiger charge is 2.32. The molecule has 0 spiro atoms. The second kappa shape index (κ2) is 8.04. The van der Waals surface area contributed by atoms with Crippen LogP contribution in [0.2, 0.25) is 0 Å². The van der Waals surface area contributed by atoms with E-state index < -0.39 is 0 Å². The average molecular weight is 307 g/mol. The molecule has 1 N–H and O–H groups in total. The third kappa shape index (κ3) is 4.27. The SMILES string of the molecule is CN1CC[C@@H](CNC/C=C/c2ccccc2)[C@@H]1c1cccnc1. The average Bonchev–Trinajstić information content (AvgIpc) is 2.97. The van der Waals surface area contributed by atoms with Crippen LogP contribution in [0.25, 0.3) is 6.08 Å². The van der Waals surface area contributed by atoms with Crippen molar-refractivity contribution in [2.24, 2.45) is 5.92 Å². The second-order valence-corrected chi connectivity index (χ2v) is 6.23. The topological polar surface area (TPSA) is 28.2 Å². The number of hydrogen-bond donors (Lipinski definition) is 1. The molecule has 0 unspecified atom stereocenters. The summed E-state index contributed by atoms with van der Waals surface area (Å²) in [5.74, 6) is 0.648. The zero-order chi connectivity index (χ0) is 15.9. The van der Waals surface area contributed by atoms with Crippen LogP contribution in [0, 0.1) is 5.92 Å². The predicted molar refractivity (Wildman–Crippen MR) is 96.1 cm³/mol. The summed E-state index contributed by atoms with van der Waals surface area (Å²) in [6, 6.07) is 15.2. The van der Waals surface area contributed by atoms with Crippen LogP contribution in [-0.4, -0.2) is 36.6 Å². The van der Waals surface area contributed by atoms with E-state index in [2.05, 4.69) is 64.7 Å². The third-order valence-electron chi connectivity index (χ3n) is 4.58. The first-order chi connectivity index (χ1) is 11.3. The summed E-state index contributed by atoms with van der Waals surface area (Å²) < 4.78 is 0. The number of nitrogens with zero attached hydrogens (tertiary/aromatic N) is 2. The van der Waals surface area contributed by atoms with Crippen molar-refractivity contribution < 1.29 is 0 Å². The maximum Gasteiger partial charge on any atom is 0.0401 e. The molecule has 1 fully saturated rings. The monoisotopic (exact) mass is 307 g/mol. The van der Waals surface area contributed by atoms with E-state index in [4.69, 9.17) is 0 Å². The summed E-state index contributed by atoms with van der Waals surface area (Å²) in [5, 5.41) is 3.58. The van der Waals surface area contributed by atoms with Crippen molar-refractivity contribution >= 4 is 6.08 Å². The number of hydrogen-bond acceptors (Lipinski definition) is 3. The van der Waals surface area contributed by atoms with Crippen molar-refractivity contribution in [1.29, 1.82) is 0 Å². The van der Waals surface area contributed by atoms with Crippen molar-refractivity contribution in [3.8, 4) is 0 Å². The number of rotatable bonds is 6. The van der Waals surface area contributed by atoms with Crippen LogP contribution in [-0.2, 0) is 0 Å². The molecule has 0 saturated carbocycles. The van der Waals surface area contributed by atoms with Gasteiger partial charge in [-0.25, -0.2) is 0 Å². The molecule has 0 aliphatic carbocycles. The number of likely N-dealkylation sites (tertiary alicyclic amines) is 1. The summed E-state index contributed by atoms with van der Waals surface area (Å²) in [6.07, 6.45) is 9.47. The Bertz CT molecular complexity index is 609. The quantitative estimate of drug-likeness (QED) is 0.829. The molecule has 3 nitrogen and oxygen atoms in total. The van der Waals surface area contributed by atoms with E-state index in [-0.39, 0.29) is 0 Å². The Morgan fingerprint density at radius 2 is 2.09 bits per heavy atom. The first kappa shape index (κ1) is 15.9. The predicted octanol–water partition coefficient (Wildman–Crippen LogP) is 3.38. The summed E-state index contributed by atoms with van der Waals surface area (Å²) in [7, 11) is 2.22. The smallest absolute Gasteiger partial charge is 0.0401 e. The molecule has 2 aromatic rings. The maximum absolute atomic E-state index is 4.28. The zero-order valence-electron chi connectivity index (χ0n) is 13.7. The molecule has 1 aliphatic rings. The van der Waals surface area contributed by atoms with E-state index in [1.54, 1.807) is 0 Å². The minimum Gasteiger partial charge on any atom is -0.313 e. The van der Waals surface area contributed by atoms with Crippen LogP contribution in [0.4, 0.5) is 0 Å². The highest BCUT2D eigenvalue weighted by Crippen LogP contribution is 2.35. The highest BCUT2D eigenvalue weighted by molar-refractivity contribution is 5.48. The third-order valence-corrected chi connectivity index (χ3v) is 4.58. The first-order valence-corrected chi connectivity index (χ1v) is 8.37. The zero-order valence-corrected chi connectivity index (χ0v) is 13.7. The van der Waals surface area contributed by atoms with E-state index in [9.17, 15) is 0 Å². The number of pyridine rings is 1. The standard InChI is InChI=1S/C20H25N3/c1-23-14-11-19(20(23)18-10-6-13-22-15-18)16-21-12-5-9-17-7-3-2-4-8-17/h2-10,13,15,19-21H,11-12,14,16H2,1H3/b9-5+/t19-,20-/m0/s1. The normalized spacial score (nSPS) is 22.0. The Morgan fingerprint density at radius 3 is 2.87 bits per heavy atom. The van der Waals surface area contributed by atoms with Gasteiger partial charge in [-0.3, -0.25) is 9.88 Å². The molecule has 23 heavy (non-hydrogen) atoms. The van der Waals surface area contributed by atoms with Crippen molar-refractivity contribution in [3.05, 3.63) is 72.1 Å². The lowest BCUT2D eigenvalue weighted by Gasteiger charge is -2.25. The van der Waals surface area contributed by atoms with Crippen LogP contribution < -0.4 is 5.32 Å². The second-order valence-electron chi connectivity index (χ2n) is 6.23. The molecule has 0 radical (unpaired) electrons. The fourth-order valence-corrected chi connectivity index (χ4v) is 3.43. The van der Waals surface area contributed by atoms with E-state index >= 15 is 0 Å². The van der Waals surface area contributed by atoms with Gasteiger partial charge >= 0.3 is 0 Å². The van der Waals surface area contributed by atoms with Crippen LogP contribution in [0.1, 0.15) is 23.6 Å². The van der Waals surface area contributed by atoms with Crippen LogP contribution in [0.3, 0.4) is 0 Å². The molecule has 2 atom stereocenters. The largest absolute Gasteiger partial charge is 0.313 e. The van der Waals surface area contributed by atoms with Crippen molar-refractivity contribution in [2.75, 3.05) is 26.7 Å². The lowest BCUT2D eigenvalue weighted by atomic mass is 9.95. The van der Waals surface area contributed by atoms with Gasteiger partial charge in [0.25, 0.3) is 0 Å². The Labute approximate surface area is 139 Å². The molecule has 1 saturated heterocycles. The molecule has 2 heterocycles. The van der Waals surface area contributed by atoms with E-state index in [1.165, 1.54) is 17.5 Å². The summed E-state index contributed by atoms with van der Waals surface area (Å²) in [6.45, 7) is 3.11. The van der Waals surface area contributed by atoms with Gasteiger partial charge < -0.3 is 5.32 Å². The molecule has 0 bridgehead atoms. The van der Waals surface area contributed by atoms with Gasteiger partial charge in [0.1, 0.15) is 0 Å². The van der Waals surface area contributed by atoms with Gasteiger partial charge in [0.05, 0.1) is 0 Å². The summed E-state index contributed by atoms with van der Waals surface area (Å²) in [4.78, 5) is 6.73. The molecule has 1 aromatic heterocycles. The fourth-order valence-electron chi connectivity index (χ4n) is 3.43. The van der Waals surface area contributed by atoms with Crippen LogP contribution in [0.15, 0.2) is 60.9 Å². The number of benzene rings is 1. The molecular weight excluding hydrogens is 282 g/mol. The molecule has 1 aromatic carbocycles. The van der Waals surface area contributed by atoms with Gasteiger partial charge in [0, 0.05) is 31.5 Å². The minimum atomic E-state index is 0.481. The van der Waals surface area contributed by atoms with Crippen LogP contribution in [0.5, 0.6) is 0 Å². The summed E-state index contributed by atoms with van der Waals surface area (Å²) in [5.41, 5.74) is 2.59. The molecule has 0 amide bonds. The molecule has 3 rings (SSSR count). The molecule has 1 aliphatic heterocycles. The van der Waals surface area contributed by atoms with E-state index in [1.807, 2.05) is 24.5 Å². The van der Waals surface area contributed by atoms with E-state index in [0.29, 0.717) is 12.0 Å². The molecular formula is C20H25N3. The van der Waals surface area contributed by atoms with Crippen LogP contribution >= 0.6 is 0 Å². The Balaban J connectivity index is 1.50. The lowest BCUT2D eigenvalue weighted by Crippen LogP contribution is -2.28. The first-order valence-electron chi connectivity index (χ1n) is 8.37. The summed E-state index contributed by atoms with van der Waals surface area (Å²) >= 11 is 0.